The molecule has 0 aliphatic carbocycles. The molecular weight excluding hydrogens is 429 g/mol. The van der Waals surface area contributed by atoms with E-state index in [1.807, 2.05) is 13.8 Å². The van der Waals surface area contributed by atoms with Gasteiger partial charge in [0.15, 0.2) is 0 Å². The smallest absolute Gasteiger partial charge is 0.295 e. The zero-order valence-electron chi connectivity index (χ0n) is 16.4. The molecule has 1 unspecified atom stereocenters. The molecule has 3 rings (SSSR count). The molecule has 158 valence electrons. The van der Waals surface area contributed by atoms with Crippen molar-refractivity contribution >= 4 is 40.7 Å². The number of hydrogen-bond donors (Lipinski definition) is 2. The lowest BCUT2D eigenvalue weighted by Gasteiger charge is -2.25. The number of Topliss-reactive ketones (excluding diaryl/α,β-unsaturated/α-hetero) is 1. The number of aliphatic hydroxyl groups excluding tert-OH is 1. The fourth-order valence-corrected chi connectivity index (χ4v) is 3.60. The number of rotatable bonds is 6. The summed E-state index contributed by atoms with van der Waals surface area (Å²) >= 11 is 12.0. The maximum Gasteiger partial charge on any atom is 0.295 e. The highest BCUT2D eigenvalue weighted by Gasteiger charge is 2.45. The average molecular weight is 450 g/mol. The second-order valence-electron chi connectivity index (χ2n) is 7.13. The highest BCUT2D eigenvalue weighted by atomic mass is 35.5. The summed E-state index contributed by atoms with van der Waals surface area (Å²) in [4.78, 5) is 27.0. The van der Waals surface area contributed by atoms with E-state index in [2.05, 4.69) is 0 Å². The quantitative estimate of drug-likeness (QED) is 0.383. The lowest BCUT2D eigenvalue weighted by molar-refractivity contribution is -0.140. The van der Waals surface area contributed by atoms with Crippen molar-refractivity contribution in [2.75, 3.05) is 13.2 Å². The second kappa shape index (κ2) is 9.08. The summed E-state index contributed by atoms with van der Waals surface area (Å²) in [6.45, 7) is 4.13. The van der Waals surface area contributed by atoms with Crippen molar-refractivity contribution in [2.45, 2.75) is 26.0 Å². The van der Waals surface area contributed by atoms with Gasteiger partial charge in [-0.15, -0.1) is 0 Å². The standard InChI is InChI=1S/C22H21Cl2NO5/c1-12(2)30-10-9-25-19(13-3-6-15(26)7-4-13)18(21(28)22(25)29)20(27)14-5-8-16(23)17(24)11-14/h3-8,11-12,19,26-27H,9-10H2,1-2H3/b20-18-. The number of aliphatic hydroxyl groups is 1. The van der Waals surface area contributed by atoms with Gasteiger partial charge in [-0.1, -0.05) is 35.3 Å². The van der Waals surface area contributed by atoms with E-state index in [9.17, 15) is 19.8 Å². The third kappa shape index (κ3) is 4.46. The topological polar surface area (TPSA) is 87.1 Å². The third-order valence-electron chi connectivity index (χ3n) is 4.73. The molecule has 1 amide bonds. The van der Waals surface area contributed by atoms with Crippen LogP contribution in [0.5, 0.6) is 5.75 Å². The first kappa shape index (κ1) is 22.2. The van der Waals surface area contributed by atoms with Gasteiger partial charge in [-0.3, -0.25) is 9.59 Å². The van der Waals surface area contributed by atoms with Crippen LogP contribution in [0.1, 0.15) is 31.0 Å². The predicted octanol–water partition coefficient (Wildman–Crippen LogP) is 4.55. The number of carbonyl (C=O) groups is 2. The molecule has 2 aromatic carbocycles. The van der Waals surface area contributed by atoms with Gasteiger partial charge in [0.25, 0.3) is 11.7 Å². The molecule has 8 heteroatoms. The number of hydrogen-bond acceptors (Lipinski definition) is 5. The molecule has 0 radical (unpaired) electrons. The molecule has 1 aliphatic heterocycles. The fraction of sp³-hybridized carbons (Fsp3) is 0.273. The van der Waals surface area contributed by atoms with Crippen molar-refractivity contribution in [3.63, 3.8) is 0 Å². The Hall–Kier alpha value is -2.54. The Balaban J connectivity index is 2.10. The van der Waals surface area contributed by atoms with Crippen LogP contribution in [-0.4, -0.2) is 46.1 Å². The summed E-state index contributed by atoms with van der Waals surface area (Å²) < 4.78 is 5.54. The van der Waals surface area contributed by atoms with Crippen molar-refractivity contribution in [3.8, 4) is 5.75 Å². The van der Waals surface area contributed by atoms with Crippen LogP contribution in [0.25, 0.3) is 5.76 Å². The van der Waals surface area contributed by atoms with Crippen LogP contribution in [0.2, 0.25) is 10.0 Å². The zero-order chi connectivity index (χ0) is 22.0. The molecule has 1 aliphatic rings. The minimum Gasteiger partial charge on any atom is -0.508 e. The predicted molar refractivity (Wildman–Crippen MR) is 115 cm³/mol. The Morgan fingerprint density at radius 3 is 2.37 bits per heavy atom. The number of nitrogens with zero attached hydrogens (tertiary/aromatic N) is 1. The minimum absolute atomic E-state index is 0.0369. The molecule has 0 bridgehead atoms. The first-order valence-corrected chi connectivity index (χ1v) is 10.1. The SMILES string of the molecule is CC(C)OCCN1C(=O)C(=O)/C(=C(\O)c2ccc(Cl)c(Cl)c2)C1c1ccc(O)cc1. The van der Waals surface area contributed by atoms with Crippen LogP contribution in [-0.2, 0) is 14.3 Å². The van der Waals surface area contributed by atoms with Crippen LogP contribution >= 0.6 is 23.2 Å². The first-order valence-electron chi connectivity index (χ1n) is 9.35. The number of aromatic hydroxyl groups is 1. The highest BCUT2D eigenvalue weighted by molar-refractivity contribution is 6.46. The molecule has 1 atom stereocenters. The summed E-state index contributed by atoms with van der Waals surface area (Å²) in [5.41, 5.74) is 0.774. The maximum absolute atomic E-state index is 12.9. The molecule has 6 nitrogen and oxygen atoms in total. The van der Waals surface area contributed by atoms with Gasteiger partial charge >= 0.3 is 0 Å². The summed E-state index contributed by atoms with van der Waals surface area (Å²) in [6.07, 6.45) is -0.0369. The average Bonchev–Trinajstić information content (AvgIpc) is 2.95. The minimum atomic E-state index is -0.837. The van der Waals surface area contributed by atoms with E-state index in [0.29, 0.717) is 10.6 Å². The molecule has 0 spiro atoms. The molecule has 1 heterocycles. The van der Waals surface area contributed by atoms with Crippen molar-refractivity contribution in [1.82, 2.24) is 4.90 Å². The van der Waals surface area contributed by atoms with E-state index < -0.39 is 17.7 Å². The largest absolute Gasteiger partial charge is 0.508 e. The van der Waals surface area contributed by atoms with E-state index in [1.54, 1.807) is 12.1 Å². The van der Waals surface area contributed by atoms with Gasteiger partial charge in [-0.05, 0) is 49.7 Å². The van der Waals surface area contributed by atoms with Crippen LogP contribution in [0.15, 0.2) is 48.0 Å². The third-order valence-corrected chi connectivity index (χ3v) is 5.46. The first-order chi connectivity index (χ1) is 14.2. The highest BCUT2D eigenvalue weighted by Crippen LogP contribution is 2.40. The van der Waals surface area contributed by atoms with Crippen molar-refractivity contribution in [2.24, 2.45) is 0 Å². The molecule has 1 fully saturated rings. The van der Waals surface area contributed by atoms with Crippen molar-refractivity contribution < 1.29 is 24.5 Å². The number of likely N-dealkylation sites (tertiary alicyclic amines) is 1. The summed E-state index contributed by atoms with van der Waals surface area (Å²) in [5, 5.41) is 21.1. The van der Waals surface area contributed by atoms with E-state index in [0.717, 1.165) is 0 Å². The number of halogens is 2. The molecule has 1 saturated heterocycles. The van der Waals surface area contributed by atoms with Gasteiger partial charge in [-0.2, -0.15) is 0 Å². The Morgan fingerprint density at radius 1 is 1.10 bits per heavy atom. The summed E-state index contributed by atoms with van der Waals surface area (Å²) in [5.74, 6) is -1.84. The Labute approximate surface area is 184 Å². The lowest BCUT2D eigenvalue weighted by Crippen LogP contribution is -2.33. The van der Waals surface area contributed by atoms with Gasteiger partial charge in [0, 0.05) is 12.1 Å². The molecule has 0 saturated carbocycles. The van der Waals surface area contributed by atoms with Crippen LogP contribution in [0.4, 0.5) is 0 Å². The van der Waals surface area contributed by atoms with Gasteiger partial charge < -0.3 is 19.8 Å². The van der Waals surface area contributed by atoms with Crippen LogP contribution in [0, 0.1) is 0 Å². The number of carbonyl (C=O) groups excluding carboxylic acids is 2. The Morgan fingerprint density at radius 2 is 1.77 bits per heavy atom. The number of benzene rings is 2. The van der Waals surface area contributed by atoms with Gasteiger partial charge in [0.1, 0.15) is 11.5 Å². The van der Waals surface area contributed by atoms with Crippen molar-refractivity contribution in [3.05, 3.63) is 69.2 Å². The lowest BCUT2D eigenvalue weighted by atomic mass is 9.95. The number of amides is 1. The summed E-state index contributed by atoms with van der Waals surface area (Å²) in [6, 6.07) is 9.74. The Kier molecular flexibility index (Phi) is 6.71. The monoisotopic (exact) mass is 449 g/mol. The zero-order valence-corrected chi connectivity index (χ0v) is 17.9. The van der Waals surface area contributed by atoms with Gasteiger partial charge in [-0.25, -0.2) is 0 Å². The van der Waals surface area contributed by atoms with E-state index in [1.165, 1.54) is 35.2 Å². The number of ether oxygens (including phenoxy) is 1. The number of phenols is 1. The molecular formula is C22H21Cl2NO5. The summed E-state index contributed by atoms with van der Waals surface area (Å²) in [7, 11) is 0. The molecule has 0 aromatic heterocycles. The molecule has 2 N–H and O–H groups in total. The van der Waals surface area contributed by atoms with Crippen LogP contribution < -0.4 is 0 Å². The van der Waals surface area contributed by atoms with Crippen molar-refractivity contribution in [1.29, 1.82) is 0 Å². The number of phenolic OH excluding ortho intramolecular Hbond substituents is 1. The maximum atomic E-state index is 12.9. The normalized spacial score (nSPS) is 18.4. The Bertz CT molecular complexity index is 1000. The second-order valence-corrected chi connectivity index (χ2v) is 7.95. The number of ketones is 1. The van der Waals surface area contributed by atoms with E-state index in [-0.39, 0.29) is 46.9 Å². The molecule has 30 heavy (non-hydrogen) atoms. The van der Waals surface area contributed by atoms with Crippen LogP contribution in [0.3, 0.4) is 0 Å². The van der Waals surface area contributed by atoms with Gasteiger partial charge in [0.05, 0.1) is 34.4 Å². The fourth-order valence-electron chi connectivity index (χ4n) is 3.30. The van der Waals surface area contributed by atoms with E-state index >= 15 is 0 Å². The van der Waals surface area contributed by atoms with E-state index in [4.69, 9.17) is 27.9 Å². The van der Waals surface area contributed by atoms with Gasteiger partial charge in [0.2, 0.25) is 0 Å². The molecule has 2 aromatic rings.